The average Bonchev–Trinajstić information content (AvgIpc) is 2.88. The van der Waals surface area contributed by atoms with Crippen molar-refractivity contribution in [3.63, 3.8) is 0 Å². The second kappa shape index (κ2) is 6.80. The molecule has 1 aliphatic heterocycles. The molecule has 0 bridgehead atoms. The molecule has 1 aliphatic rings. The van der Waals surface area contributed by atoms with Crippen LogP contribution in [0.5, 0.6) is 11.5 Å². The van der Waals surface area contributed by atoms with Crippen LogP contribution in [0.1, 0.15) is 23.7 Å². The number of carboxylic acid groups (broad SMARTS) is 1. The Morgan fingerprint density at radius 2 is 2.09 bits per heavy atom. The molecule has 23 heavy (non-hydrogen) atoms. The van der Waals surface area contributed by atoms with Gasteiger partial charge in [-0.05, 0) is 25.5 Å². The lowest BCUT2D eigenvalue weighted by molar-refractivity contribution is -0.142. The van der Waals surface area contributed by atoms with Gasteiger partial charge in [-0.1, -0.05) is 6.07 Å². The highest BCUT2D eigenvalue weighted by Gasteiger charge is 2.39. The number of rotatable bonds is 5. The number of benzene rings is 1. The Kier molecular flexibility index (Phi) is 5.02. The van der Waals surface area contributed by atoms with Crippen molar-refractivity contribution in [2.75, 3.05) is 13.7 Å². The molecule has 126 valence electrons. The zero-order chi connectivity index (χ0) is 17.1. The monoisotopic (exact) mass is 329 g/mol. The fourth-order valence-electron chi connectivity index (χ4n) is 2.77. The highest BCUT2D eigenvalue weighted by Crippen LogP contribution is 2.35. The standard InChI is InChI=1S/C15H17F2NO5/c1-8-9(14(20)21)6-7-18(8)13(19)10-4-3-5-11(22-2)12(10)23-15(16)17/h3-5,8-9,15H,6-7H2,1-2H3,(H,20,21). The van der Waals surface area contributed by atoms with Crippen molar-refractivity contribution >= 4 is 11.9 Å². The Morgan fingerprint density at radius 3 is 2.61 bits per heavy atom. The predicted octanol–water partition coefficient (Wildman–Crippen LogP) is 2.23. The van der Waals surface area contributed by atoms with E-state index in [0.717, 1.165) is 0 Å². The van der Waals surface area contributed by atoms with Crippen LogP contribution in [0, 0.1) is 5.92 Å². The molecule has 1 saturated heterocycles. The molecule has 2 rings (SSSR count). The smallest absolute Gasteiger partial charge is 0.387 e. The van der Waals surface area contributed by atoms with E-state index in [2.05, 4.69) is 4.74 Å². The summed E-state index contributed by atoms with van der Waals surface area (Å²) in [6, 6.07) is 3.70. The number of amides is 1. The highest BCUT2D eigenvalue weighted by atomic mass is 19.3. The second-order valence-corrected chi connectivity index (χ2v) is 5.19. The van der Waals surface area contributed by atoms with Gasteiger partial charge in [-0.2, -0.15) is 8.78 Å². The number of hydrogen-bond donors (Lipinski definition) is 1. The van der Waals surface area contributed by atoms with E-state index in [-0.39, 0.29) is 23.6 Å². The molecule has 1 amide bonds. The highest BCUT2D eigenvalue weighted by molar-refractivity contribution is 5.98. The molecule has 0 saturated carbocycles. The van der Waals surface area contributed by atoms with Gasteiger partial charge >= 0.3 is 12.6 Å². The molecule has 0 radical (unpaired) electrons. The Balaban J connectivity index is 2.34. The van der Waals surface area contributed by atoms with Crippen LogP contribution >= 0.6 is 0 Å². The van der Waals surface area contributed by atoms with Crippen LogP contribution in [0.2, 0.25) is 0 Å². The van der Waals surface area contributed by atoms with Gasteiger partial charge in [-0.3, -0.25) is 9.59 Å². The molecule has 1 heterocycles. The molecular formula is C15H17F2NO5. The van der Waals surface area contributed by atoms with E-state index in [9.17, 15) is 18.4 Å². The number of nitrogens with zero attached hydrogens (tertiary/aromatic N) is 1. The molecule has 0 spiro atoms. The third kappa shape index (κ3) is 3.35. The number of para-hydroxylation sites is 1. The van der Waals surface area contributed by atoms with E-state index < -0.39 is 30.4 Å². The number of halogens is 2. The molecule has 0 aliphatic carbocycles. The quantitative estimate of drug-likeness (QED) is 0.896. The van der Waals surface area contributed by atoms with Crippen molar-refractivity contribution in [2.24, 2.45) is 5.92 Å². The van der Waals surface area contributed by atoms with Crippen LogP contribution in [0.4, 0.5) is 8.78 Å². The van der Waals surface area contributed by atoms with Crippen LogP contribution in [0.3, 0.4) is 0 Å². The topological polar surface area (TPSA) is 76.1 Å². The lowest BCUT2D eigenvalue weighted by Crippen LogP contribution is -2.37. The largest absolute Gasteiger partial charge is 0.493 e. The normalized spacial score (nSPS) is 20.7. The minimum atomic E-state index is -3.11. The molecule has 1 aromatic rings. The van der Waals surface area contributed by atoms with E-state index in [1.165, 1.54) is 30.2 Å². The summed E-state index contributed by atoms with van der Waals surface area (Å²) < 4.78 is 34.6. The number of carbonyl (C=O) groups excluding carboxylic acids is 1. The summed E-state index contributed by atoms with van der Waals surface area (Å²) >= 11 is 0. The van der Waals surface area contributed by atoms with Crippen LogP contribution in [0.25, 0.3) is 0 Å². The second-order valence-electron chi connectivity index (χ2n) is 5.19. The van der Waals surface area contributed by atoms with Gasteiger partial charge in [-0.25, -0.2) is 0 Å². The summed E-state index contributed by atoms with van der Waals surface area (Å²) in [6.07, 6.45) is 0.317. The van der Waals surface area contributed by atoms with Crippen molar-refractivity contribution in [2.45, 2.75) is 26.0 Å². The fraction of sp³-hybridized carbons (Fsp3) is 0.467. The summed E-state index contributed by atoms with van der Waals surface area (Å²) in [7, 11) is 1.28. The summed E-state index contributed by atoms with van der Waals surface area (Å²) in [4.78, 5) is 25.1. The van der Waals surface area contributed by atoms with Gasteiger partial charge in [0.25, 0.3) is 5.91 Å². The number of hydrogen-bond acceptors (Lipinski definition) is 4. The van der Waals surface area contributed by atoms with E-state index in [1.807, 2.05) is 0 Å². The number of carboxylic acids is 1. The maximum atomic E-state index is 12.6. The van der Waals surface area contributed by atoms with Crippen LogP contribution < -0.4 is 9.47 Å². The Labute approximate surface area is 131 Å². The van der Waals surface area contributed by atoms with E-state index in [0.29, 0.717) is 6.42 Å². The molecule has 0 aromatic heterocycles. The van der Waals surface area contributed by atoms with Gasteiger partial charge in [0, 0.05) is 12.6 Å². The number of likely N-dealkylation sites (tertiary alicyclic amines) is 1. The number of ether oxygens (including phenoxy) is 2. The van der Waals surface area contributed by atoms with Crippen LogP contribution in [0.15, 0.2) is 18.2 Å². The molecule has 2 unspecified atom stereocenters. The maximum absolute atomic E-state index is 12.6. The lowest BCUT2D eigenvalue weighted by Gasteiger charge is -2.24. The molecular weight excluding hydrogens is 312 g/mol. The maximum Gasteiger partial charge on any atom is 0.387 e. The first kappa shape index (κ1) is 17.0. The van der Waals surface area contributed by atoms with Crippen molar-refractivity contribution in [1.82, 2.24) is 4.90 Å². The van der Waals surface area contributed by atoms with Crippen LogP contribution in [-0.4, -0.2) is 48.2 Å². The first-order valence-corrected chi connectivity index (χ1v) is 7.02. The van der Waals surface area contributed by atoms with Crippen molar-refractivity contribution in [3.05, 3.63) is 23.8 Å². The van der Waals surface area contributed by atoms with Gasteiger partial charge < -0.3 is 19.5 Å². The third-order valence-corrected chi connectivity index (χ3v) is 3.97. The molecule has 6 nitrogen and oxygen atoms in total. The summed E-state index contributed by atoms with van der Waals surface area (Å²) in [5, 5.41) is 9.13. The first-order chi connectivity index (χ1) is 10.9. The summed E-state index contributed by atoms with van der Waals surface area (Å²) in [5.41, 5.74) is -0.0810. The van der Waals surface area contributed by atoms with Gasteiger partial charge in [0.2, 0.25) is 0 Å². The van der Waals surface area contributed by atoms with Crippen molar-refractivity contribution < 1.29 is 33.0 Å². The zero-order valence-corrected chi connectivity index (χ0v) is 12.7. The number of aliphatic carboxylic acids is 1. The van der Waals surface area contributed by atoms with Gasteiger partial charge in [0.05, 0.1) is 18.6 Å². The van der Waals surface area contributed by atoms with E-state index in [4.69, 9.17) is 9.84 Å². The fourth-order valence-corrected chi connectivity index (χ4v) is 2.77. The Morgan fingerprint density at radius 1 is 1.39 bits per heavy atom. The minimum absolute atomic E-state index is 0.0118. The first-order valence-electron chi connectivity index (χ1n) is 7.02. The number of methoxy groups -OCH3 is 1. The molecule has 2 atom stereocenters. The van der Waals surface area contributed by atoms with E-state index >= 15 is 0 Å². The Hall–Kier alpha value is -2.38. The average molecular weight is 329 g/mol. The molecule has 1 N–H and O–H groups in total. The van der Waals surface area contributed by atoms with Gasteiger partial charge in [-0.15, -0.1) is 0 Å². The predicted molar refractivity (Wildman–Crippen MR) is 75.9 cm³/mol. The van der Waals surface area contributed by atoms with E-state index in [1.54, 1.807) is 6.92 Å². The SMILES string of the molecule is COc1cccc(C(=O)N2CCC(C(=O)O)C2C)c1OC(F)F. The zero-order valence-electron chi connectivity index (χ0n) is 12.7. The third-order valence-electron chi connectivity index (χ3n) is 3.97. The molecule has 1 aromatic carbocycles. The summed E-state index contributed by atoms with van der Waals surface area (Å²) in [6.45, 7) is -1.25. The molecule has 1 fully saturated rings. The van der Waals surface area contributed by atoms with Crippen LogP contribution in [-0.2, 0) is 4.79 Å². The number of alkyl halides is 2. The summed E-state index contributed by atoms with van der Waals surface area (Å²) in [5.74, 6) is -2.55. The minimum Gasteiger partial charge on any atom is -0.493 e. The van der Waals surface area contributed by atoms with Crippen molar-refractivity contribution in [3.8, 4) is 11.5 Å². The van der Waals surface area contributed by atoms with Gasteiger partial charge in [0.15, 0.2) is 11.5 Å². The number of carbonyl (C=O) groups is 2. The Bertz CT molecular complexity index is 608. The lowest BCUT2D eigenvalue weighted by atomic mass is 10.0. The van der Waals surface area contributed by atoms with Gasteiger partial charge in [0.1, 0.15) is 0 Å². The molecule has 8 heteroatoms. The van der Waals surface area contributed by atoms with Crippen molar-refractivity contribution in [1.29, 1.82) is 0 Å².